The first-order valence-corrected chi connectivity index (χ1v) is 11.0. The lowest BCUT2D eigenvalue weighted by Crippen LogP contribution is -2.46. The van der Waals surface area contributed by atoms with Gasteiger partial charge in [0.05, 0.1) is 24.4 Å². The molecule has 1 atom stereocenters. The molecule has 1 N–H and O–H groups in total. The van der Waals surface area contributed by atoms with E-state index >= 15 is 0 Å². The zero-order chi connectivity index (χ0) is 23.7. The number of carbonyl (C=O) groups excluding carboxylic acids is 1. The number of rotatable bonds is 5. The largest absolute Gasteiger partial charge is 0.497 e. The lowest BCUT2D eigenvalue weighted by Gasteiger charge is -2.35. The van der Waals surface area contributed by atoms with Crippen LogP contribution >= 0.6 is 11.6 Å². The fourth-order valence-electron chi connectivity index (χ4n) is 4.05. The standard InChI is InChI=1S/C26H21ClN4O3/c1-16-22(25-29-24(30-34-25)17-8-4-3-5-9-17)23(18-10-6-13-21(14-18)33-2)28-26(32)31(16)20-12-7-11-19(27)15-20/h3-15,23H,1-2H3,(H,28,32). The van der Waals surface area contributed by atoms with Crippen LogP contribution in [0.5, 0.6) is 5.75 Å². The van der Waals surface area contributed by atoms with Crippen LogP contribution in [0.25, 0.3) is 17.0 Å². The average molecular weight is 473 g/mol. The molecule has 3 aromatic carbocycles. The number of methoxy groups -OCH3 is 1. The molecule has 7 nitrogen and oxygen atoms in total. The van der Waals surface area contributed by atoms with Crippen LogP contribution in [0.1, 0.15) is 24.4 Å². The Balaban J connectivity index is 1.67. The maximum Gasteiger partial charge on any atom is 0.326 e. The minimum Gasteiger partial charge on any atom is -0.497 e. The van der Waals surface area contributed by atoms with E-state index in [-0.39, 0.29) is 6.03 Å². The van der Waals surface area contributed by atoms with Crippen LogP contribution in [-0.4, -0.2) is 23.3 Å². The van der Waals surface area contributed by atoms with Gasteiger partial charge < -0.3 is 14.6 Å². The van der Waals surface area contributed by atoms with Gasteiger partial charge in [0.15, 0.2) is 0 Å². The Kier molecular flexibility index (Phi) is 5.77. The van der Waals surface area contributed by atoms with E-state index in [2.05, 4.69) is 15.5 Å². The molecule has 1 unspecified atom stereocenters. The van der Waals surface area contributed by atoms with E-state index < -0.39 is 6.04 Å². The van der Waals surface area contributed by atoms with Crippen LogP contribution < -0.4 is 15.0 Å². The number of nitrogens with one attached hydrogen (secondary N) is 1. The molecule has 0 fully saturated rings. The molecule has 2 amide bonds. The molecule has 0 aliphatic carbocycles. The van der Waals surface area contributed by atoms with Crippen molar-refractivity contribution in [2.45, 2.75) is 13.0 Å². The second-order valence-electron chi connectivity index (χ2n) is 7.76. The summed E-state index contributed by atoms with van der Waals surface area (Å²) >= 11 is 6.21. The predicted octanol–water partition coefficient (Wildman–Crippen LogP) is 6.10. The van der Waals surface area contributed by atoms with Crippen molar-refractivity contribution in [3.05, 3.63) is 101 Å². The molecule has 1 aliphatic rings. The van der Waals surface area contributed by atoms with Gasteiger partial charge in [0, 0.05) is 16.3 Å². The fourth-order valence-corrected chi connectivity index (χ4v) is 4.24. The van der Waals surface area contributed by atoms with Crippen LogP contribution in [-0.2, 0) is 0 Å². The van der Waals surface area contributed by atoms with Gasteiger partial charge in [-0.05, 0) is 42.8 Å². The van der Waals surface area contributed by atoms with Gasteiger partial charge in [-0.1, -0.05) is 65.3 Å². The number of halogens is 1. The van der Waals surface area contributed by atoms with Crippen molar-refractivity contribution in [3.8, 4) is 17.1 Å². The molecule has 4 aromatic rings. The van der Waals surface area contributed by atoms with Crippen LogP contribution in [0.2, 0.25) is 5.02 Å². The molecular weight excluding hydrogens is 452 g/mol. The van der Waals surface area contributed by atoms with Crippen LogP contribution in [0, 0.1) is 0 Å². The SMILES string of the molecule is COc1cccc(C2NC(=O)N(c3cccc(Cl)c3)C(C)=C2c2nc(-c3ccccc3)no2)c1. The fraction of sp³-hybridized carbons (Fsp3) is 0.115. The summed E-state index contributed by atoms with van der Waals surface area (Å²) in [6.07, 6.45) is 0. The Hall–Kier alpha value is -4.10. The van der Waals surface area contributed by atoms with Gasteiger partial charge in [-0.3, -0.25) is 4.90 Å². The van der Waals surface area contributed by atoms with Gasteiger partial charge in [0.25, 0.3) is 5.89 Å². The third-order valence-electron chi connectivity index (χ3n) is 5.67. The lowest BCUT2D eigenvalue weighted by molar-refractivity contribution is 0.244. The van der Waals surface area contributed by atoms with Gasteiger partial charge in [-0.25, -0.2) is 4.79 Å². The summed E-state index contributed by atoms with van der Waals surface area (Å²) in [6.45, 7) is 1.86. The van der Waals surface area contributed by atoms with Crippen molar-refractivity contribution in [1.82, 2.24) is 15.5 Å². The first-order chi connectivity index (χ1) is 16.5. The van der Waals surface area contributed by atoms with Crippen LogP contribution in [0.3, 0.4) is 0 Å². The van der Waals surface area contributed by atoms with Crippen molar-refractivity contribution in [3.63, 3.8) is 0 Å². The van der Waals surface area contributed by atoms with E-state index in [4.69, 9.17) is 20.9 Å². The molecule has 34 heavy (non-hydrogen) atoms. The number of carbonyl (C=O) groups is 1. The second kappa shape index (κ2) is 9.03. The Morgan fingerprint density at radius 3 is 2.59 bits per heavy atom. The minimum atomic E-state index is -0.526. The number of urea groups is 1. The number of allylic oxidation sites excluding steroid dienone is 1. The molecule has 0 saturated heterocycles. The van der Waals surface area contributed by atoms with E-state index in [1.54, 1.807) is 30.2 Å². The molecule has 8 heteroatoms. The van der Waals surface area contributed by atoms with Crippen molar-refractivity contribution >= 4 is 28.9 Å². The number of hydrogen-bond acceptors (Lipinski definition) is 5. The van der Waals surface area contributed by atoms with Crippen molar-refractivity contribution < 1.29 is 14.1 Å². The maximum atomic E-state index is 13.3. The zero-order valence-corrected chi connectivity index (χ0v) is 19.3. The normalized spacial score (nSPS) is 15.9. The molecule has 170 valence electrons. The third-order valence-corrected chi connectivity index (χ3v) is 5.90. The minimum absolute atomic E-state index is 0.292. The van der Waals surface area contributed by atoms with Gasteiger partial charge in [-0.15, -0.1) is 0 Å². The number of nitrogens with zero attached hydrogens (tertiary/aromatic N) is 3. The molecule has 0 saturated carbocycles. The molecular formula is C26H21ClN4O3. The lowest BCUT2D eigenvalue weighted by atomic mass is 9.94. The molecule has 0 bridgehead atoms. The van der Waals surface area contributed by atoms with Gasteiger partial charge >= 0.3 is 6.03 Å². The number of ether oxygens (including phenoxy) is 1. The highest BCUT2D eigenvalue weighted by Gasteiger charge is 2.36. The number of aromatic nitrogens is 2. The smallest absolute Gasteiger partial charge is 0.326 e. The summed E-state index contributed by atoms with van der Waals surface area (Å²) in [5, 5.41) is 7.80. The average Bonchev–Trinajstić information content (AvgIpc) is 3.34. The van der Waals surface area contributed by atoms with E-state index in [9.17, 15) is 4.79 Å². The Bertz CT molecular complexity index is 1380. The van der Waals surface area contributed by atoms with Gasteiger partial charge in [0.2, 0.25) is 5.82 Å². The van der Waals surface area contributed by atoms with Crippen molar-refractivity contribution in [1.29, 1.82) is 0 Å². The number of benzene rings is 3. The second-order valence-corrected chi connectivity index (χ2v) is 8.20. The summed E-state index contributed by atoms with van der Waals surface area (Å²) < 4.78 is 11.1. The maximum absolute atomic E-state index is 13.3. The number of anilines is 1. The number of hydrogen-bond donors (Lipinski definition) is 1. The van der Waals surface area contributed by atoms with E-state index in [0.29, 0.717) is 39.4 Å². The van der Waals surface area contributed by atoms with Crippen molar-refractivity contribution in [2.24, 2.45) is 0 Å². The quantitative estimate of drug-likeness (QED) is 0.379. The van der Waals surface area contributed by atoms with Crippen LogP contribution in [0.4, 0.5) is 10.5 Å². The topological polar surface area (TPSA) is 80.5 Å². The molecule has 5 rings (SSSR count). The Morgan fingerprint density at radius 2 is 1.82 bits per heavy atom. The summed E-state index contributed by atoms with van der Waals surface area (Å²) in [5.41, 5.74) is 3.63. The molecule has 0 spiro atoms. The summed E-state index contributed by atoms with van der Waals surface area (Å²) in [7, 11) is 1.60. The summed E-state index contributed by atoms with van der Waals surface area (Å²) in [4.78, 5) is 19.5. The molecule has 0 radical (unpaired) electrons. The Morgan fingerprint density at radius 1 is 1.03 bits per heavy atom. The van der Waals surface area contributed by atoms with Gasteiger partial charge in [-0.2, -0.15) is 4.98 Å². The first-order valence-electron chi connectivity index (χ1n) is 10.7. The summed E-state index contributed by atoms with van der Waals surface area (Å²) in [6, 6.07) is 23.4. The molecule has 1 aromatic heterocycles. The molecule has 2 heterocycles. The zero-order valence-electron chi connectivity index (χ0n) is 18.5. The summed E-state index contributed by atoms with van der Waals surface area (Å²) in [5.74, 6) is 1.46. The number of amides is 2. The van der Waals surface area contributed by atoms with E-state index in [1.165, 1.54) is 0 Å². The van der Waals surface area contributed by atoms with Gasteiger partial charge in [0.1, 0.15) is 5.75 Å². The highest BCUT2D eigenvalue weighted by molar-refractivity contribution is 6.31. The highest BCUT2D eigenvalue weighted by Crippen LogP contribution is 2.40. The van der Waals surface area contributed by atoms with Crippen molar-refractivity contribution in [2.75, 3.05) is 12.0 Å². The highest BCUT2D eigenvalue weighted by atomic mass is 35.5. The van der Waals surface area contributed by atoms with Crippen LogP contribution in [0.15, 0.2) is 89.1 Å². The van der Waals surface area contributed by atoms with E-state index in [0.717, 1.165) is 11.1 Å². The predicted molar refractivity (Wildman–Crippen MR) is 131 cm³/mol. The molecule has 1 aliphatic heterocycles. The van der Waals surface area contributed by atoms with E-state index in [1.807, 2.05) is 67.6 Å². The third kappa shape index (κ3) is 4.02. The monoisotopic (exact) mass is 472 g/mol. The Labute approximate surface area is 201 Å². The first kappa shape index (κ1) is 21.7.